The summed E-state index contributed by atoms with van der Waals surface area (Å²) in [5.74, 6) is 2.52. The Morgan fingerprint density at radius 1 is 1.40 bits per heavy atom. The summed E-state index contributed by atoms with van der Waals surface area (Å²) in [6.07, 6.45) is 1.04. The van der Waals surface area contributed by atoms with Crippen LogP contribution in [0.15, 0.2) is 28.7 Å². The summed E-state index contributed by atoms with van der Waals surface area (Å²) < 4.78 is 1.10. The normalized spacial score (nSPS) is 12.7. The number of rotatable bonds is 6. The van der Waals surface area contributed by atoms with E-state index in [2.05, 4.69) is 28.9 Å². The van der Waals surface area contributed by atoms with Crippen molar-refractivity contribution in [2.45, 2.75) is 19.3 Å². The highest BCUT2D eigenvalue weighted by Gasteiger charge is 2.12. The Kier molecular flexibility index (Phi) is 6.37. The highest BCUT2D eigenvalue weighted by atomic mass is 79.9. The van der Waals surface area contributed by atoms with Gasteiger partial charge in [0.2, 0.25) is 0 Å². The lowest BCUT2D eigenvalue weighted by atomic mass is 9.98. The van der Waals surface area contributed by atoms with E-state index >= 15 is 0 Å². The zero-order chi connectivity index (χ0) is 11.1. The summed E-state index contributed by atoms with van der Waals surface area (Å²) in [6, 6.07) is 8.14. The lowest BCUT2D eigenvalue weighted by molar-refractivity contribution is 0.262. The zero-order valence-corrected chi connectivity index (χ0v) is 11.4. The van der Waals surface area contributed by atoms with Crippen molar-refractivity contribution in [2.24, 2.45) is 0 Å². The molecule has 0 aliphatic heterocycles. The minimum atomic E-state index is 0.229. The third kappa shape index (κ3) is 4.17. The van der Waals surface area contributed by atoms with E-state index in [9.17, 15) is 5.11 Å². The van der Waals surface area contributed by atoms with Gasteiger partial charge < -0.3 is 5.11 Å². The molecule has 15 heavy (non-hydrogen) atoms. The number of halogens is 1. The second-order valence-corrected chi connectivity index (χ2v) is 5.63. The molecule has 0 saturated carbocycles. The first-order chi connectivity index (χ1) is 7.29. The van der Waals surface area contributed by atoms with Gasteiger partial charge in [-0.2, -0.15) is 11.8 Å². The number of aliphatic hydroxyl groups excluding tert-OH is 1. The molecule has 1 rings (SSSR count). The average molecular weight is 289 g/mol. The van der Waals surface area contributed by atoms with E-state index in [0.717, 1.165) is 22.4 Å². The molecule has 1 N–H and O–H groups in total. The van der Waals surface area contributed by atoms with Gasteiger partial charge in [0, 0.05) is 17.0 Å². The summed E-state index contributed by atoms with van der Waals surface area (Å²) in [5, 5.41) is 9.37. The number of thioether (sulfide) groups is 1. The smallest absolute Gasteiger partial charge is 0.0500 e. The van der Waals surface area contributed by atoms with Crippen LogP contribution < -0.4 is 0 Å². The average Bonchev–Trinajstić information content (AvgIpc) is 2.26. The molecule has 0 saturated heterocycles. The van der Waals surface area contributed by atoms with Gasteiger partial charge in [0.05, 0.1) is 0 Å². The summed E-state index contributed by atoms with van der Waals surface area (Å²) in [7, 11) is 0. The zero-order valence-electron chi connectivity index (χ0n) is 8.95. The maximum absolute atomic E-state index is 9.37. The third-order valence-corrected chi connectivity index (χ3v) is 4.04. The molecule has 0 aromatic heterocycles. The Balaban J connectivity index is 2.61. The van der Waals surface area contributed by atoms with Crippen molar-refractivity contribution in [3.8, 4) is 0 Å². The molecule has 1 atom stereocenters. The van der Waals surface area contributed by atoms with Crippen molar-refractivity contribution < 1.29 is 5.11 Å². The van der Waals surface area contributed by atoms with Crippen molar-refractivity contribution in [2.75, 3.05) is 18.1 Å². The Hall–Kier alpha value is 0.01000. The first kappa shape index (κ1) is 13.1. The summed E-state index contributed by atoms with van der Waals surface area (Å²) in [6.45, 7) is 2.39. The van der Waals surface area contributed by atoms with Crippen molar-refractivity contribution in [1.82, 2.24) is 0 Å². The molecule has 1 aromatic carbocycles. The molecular formula is C12H17BrOS. The molecule has 0 amide bonds. The molecule has 0 aliphatic carbocycles. The minimum absolute atomic E-state index is 0.229. The molecule has 1 unspecified atom stereocenters. The second kappa shape index (κ2) is 7.31. The van der Waals surface area contributed by atoms with Gasteiger partial charge in [-0.15, -0.1) is 0 Å². The molecule has 0 spiro atoms. The molecule has 0 radical (unpaired) electrons. The van der Waals surface area contributed by atoms with Gasteiger partial charge in [-0.1, -0.05) is 41.1 Å². The van der Waals surface area contributed by atoms with Crippen LogP contribution in [-0.2, 0) is 0 Å². The number of hydrogen-bond acceptors (Lipinski definition) is 2. The lowest BCUT2D eigenvalue weighted by Crippen LogP contribution is -2.06. The molecule has 0 heterocycles. The Morgan fingerprint density at radius 3 is 2.73 bits per heavy atom. The monoisotopic (exact) mass is 288 g/mol. The maximum Gasteiger partial charge on any atom is 0.0500 e. The molecule has 3 heteroatoms. The van der Waals surface area contributed by atoms with Crippen LogP contribution in [0.5, 0.6) is 0 Å². The van der Waals surface area contributed by atoms with E-state index in [-0.39, 0.29) is 12.5 Å². The second-order valence-electron chi connectivity index (χ2n) is 3.39. The fraction of sp³-hybridized carbons (Fsp3) is 0.500. The van der Waals surface area contributed by atoms with Crippen molar-refractivity contribution in [3.05, 3.63) is 34.3 Å². The van der Waals surface area contributed by atoms with Crippen LogP contribution in [0.2, 0.25) is 0 Å². The van der Waals surface area contributed by atoms with Crippen LogP contribution >= 0.6 is 27.7 Å². The van der Waals surface area contributed by atoms with Crippen molar-refractivity contribution in [1.29, 1.82) is 0 Å². The Labute approximate surface area is 104 Å². The van der Waals surface area contributed by atoms with Crippen molar-refractivity contribution >= 4 is 27.7 Å². The van der Waals surface area contributed by atoms with Crippen LogP contribution in [0.25, 0.3) is 0 Å². The van der Waals surface area contributed by atoms with Gasteiger partial charge in [-0.3, -0.25) is 0 Å². The standard InChI is InChI=1S/C12H17BrOS/c1-2-15-8-7-10(9-14)11-5-3-4-6-12(11)13/h3-6,10,14H,2,7-9H2,1H3. The predicted octanol–water partition coefficient (Wildman–Crippen LogP) is 3.67. The summed E-state index contributed by atoms with van der Waals surface area (Å²) in [4.78, 5) is 0. The molecule has 1 nitrogen and oxygen atoms in total. The van der Waals surface area contributed by atoms with E-state index in [1.807, 2.05) is 30.0 Å². The summed E-state index contributed by atoms with van der Waals surface area (Å²) in [5.41, 5.74) is 1.22. The molecule has 84 valence electrons. The predicted molar refractivity (Wildman–Crippen MR) is 71.6 cm³/mol. The highest BCUT2D eigenvalue weighted by Crippen LogP contribution is 2.27. The maximum atomic E-state index is 9.37. The van der Waals surface area contributed by atoms with Gasteiger partial charge in [0.25, 0.3) is 0 Å². The largest absolute Gasteiger partial charge is 0.396 e. The molecule has 0 aliphatic rings. The third-order valence-electron chi connectivity index (χ3n) is 2.38. The van der Waals surface area contributed by atoms with E-state index in [1.54, 1.807) is 0 Å². The van der Waals surface area contributed by atoms with Crippen LogP contribution in [0.1, 0.15) is 24.8 Å². The molecule has 1 aromatic rings. The fourth-order valence-corrected chi connectivity index (χ4v) is 2.87. The minimum Gasteiger partial charge on any atom is -0.396 e. The quantitative estimate of drug-likeness (QED) is 0.806. The van der Waals surface area contributed by atoms with E-state index in [1.165, 1.54) is 5.56 Å². The van der Waals surface area contributed by atoms with E-state index in [0.29, 0.717) is 0 Å². The van der Waals surface area contributed by atoms with Crippen LogP contribution in [0.3, 0.4) is 0 Å². The van der Waals surface area contributed by atoms with Crippen LogP contribution in [0.4, 0.5) is 0 Å². The molecule has 0 fully saturated rings. The van der Waals surface area contributed by atoms with Crippen LogP contribution in [-0.4, -0.2) is 23.2 Å². The van der Waals surface area contributed by atoms with Gasteiger partial charge in [0.15, 0.2) is 0 Å². The van der Waals surface area contributed by atoms with E-state index in [4.69, 9.17) is 0 Å². The van der Waals surface area contributed by atoms with Gasteiger partial charge in [-0.05, 0) is 29.6 Å². The topological polar surface area (TPSA) is 20.2 Å². The van der Waals surface area contributed by atoms with Gasteiger partial charge in [0.1, 0.15) is 0 Å². The Bertz CT molecular complexity index is 291. The highest BCUT2D eigenvalue weighted by molar-refractivity contribution is 9.10. The molecular weight excluding hydrogens is 272 g/mol. The first-order valence-electron chi connectivity index (χ1n) is 5.22. The number of hydrogen-bond donors (Lipinski definition) is 1. The van der Waals surface area contributed by atoms with Gasteiger partial charge in [-0.25, -0.2) is 0 Å². The first-order valence-corrected chi connectivity index (χ1v) is 7.17. The molecule has 0 bridgehead atoms. The summed E-state index contributed by atoms with van der Waals surface area (Å²) >= 11 is 5.45. The number of benzene rings is 1. The lowest BCUT2D eigenvalue weighted by Gasteiger charge is -2.15. The van der Waals surface area contributed by atoms with Crippen LogP contribution in [0, 0.1) is 0 Å². The number of aliphatic hydroxyl groups is 1. The van der Waals surface area contributed by atoms with Gasteiger partial charge >= 0.3 is 0 Å². The van der Waals surface area contributed by atoms with E-state index < -0.39 is 0 Å². The SMILES string of the molecule is CCSCCC(CO)c1ccccc1Br. The fourth-order valence-electron chi connectivity index (χ4n) is 1.52. The Morgan fingerprint density at radius 2 is 2.13 bits per heavy atom. The van der Waals surface area contributed by atoms with Crippen molar-refractivity contribution in [3.63, 3.8) is 0 Å².